The Morgan fingerprint density at radius 1 is 0.938 bits per heavy atom. The fourth-order valence-electron chi connectivity index (χ4n) is 6.00. The number of likely N-dealkylation sites (tertiary alicyclic amines) is 1. The lowest BCUT2D eigenvalue weighted by molar-refractivity contribution is -0.143. The summed E-state index contributed by atoms with van der Waals surface area (Å²) in [6, 6.07) is 7.16. The molecule has 1 aromatic rings. The zero-order chi connectivity index (χ0) is 22.4. The maximum absolute atomic E-state index is 12.9. The van der Waals surface area contributed by atoms with E-state index in [4.69, 9.17) is 4.74 Å². The third-order valence-electron chi connectivity index (χ3n) is 7.75. The molecule has 1 saturated heterocycles. The SMILES string of the molecule is Cc1ccc(C(=O)COC(=O)CCCCCN2C(=O)[C@H]3[C@@H]4C=C[C@H]([C@H]5C[C@H]45)[C@@H]3C2=O)cc1. The molecule has 0 unspecified atom stereocenters. The van der Waals surface area contributed by atoms with Crippen LogP contribution in [0.25, 0.3) is 0 Å². The molecular formula is C26H29NO5. The third-order valence-corrected chi connectivity index (χ3v) is 7.75. The summed E-state index contributed by atoms with van der Waals surface area (Å²) in [5.41, 5.74) is 1.60. The molecule has 0 aromatic heterocycles. The Labute approximate surface area is 188 Å². The number of allylic oxidation sites excluding steroid dienone is 2. The maximum Gasteiger partial charge on any atom is 0.306 e. The molecule has 1 aliphatic heterocycles. The standard InChI is InChI=1S/C26H29NO5/c1-15-6-8-16(9-7-15)21(28)14-32-22(29)5-3-2-4-12-27-25(30)23-17-10-11-18(20-13-19(17)20)24(23)26(27)31/h6-11,17-20,23-24H,2-5,12-14H2,1H3/t17-,18-,19-,20-,23+,24+/m1/s1. The number of unbranched alkanes of at least 4 members (excludes halogenated alkanes) is 2. The van der Waals surface area contributed by atoms with Crippen molar-refractivity contribution in [2.75, 3.05) is 13.2 Å². The summed E-state index contributed by atoms with van der Waals surface area (Å²) >= 11 is 0. The van der Waals surface area contributed by atoms with Crippen molar-refractivity contribution in [3.63, 3.8) is 0 Å². The number of carbonyl (C=O) groups is 4. The molecule has 32 heavy (non-hydrogen) atoms. The summed E-state index contributed by atoms with van der Waals surface area (Å²) in [4.78, 5) is 51.3. The minimum absolute atomic E-state index is 0.0127. The van der Waals surface area contributed by atoms with Gasteiger partial charge in [-0.2, -0.15) is 0 Å². The Kier molecular flexibility index (Phi) is 5.48. The van der Waals surface area contributed by atoms with Crippen LogP contribution in [0.4, 0.5) is 0 Å². The molecular weight excluding hydrogens is 406 g/mol. The molecule has 4 aliphatic carbocycles. The van der Waals surface area contributed by atoms with Crippen molar-refractivity contribution in [1.82, 2.24) is 4.90 Å². The van der Waals surface area contributed by atoms with E-state index in [-0.39, 0.29) is 54.3 Å². The molecule has 6 nitrogen and oxygen atoms in total. The van der Waals surface area contributed by atoms with E-state index >= 15 is 0 Å². The second-order valence-corrected chi connectivity index (χ2v) is 9.74. The zero-order valence-corrected chi connectivity index (χ0v) is 18.4. The number of esters is 1. The van der Waals surface area contributed by atoms with Crippen molar-refractivity contribution in [2.45, 2.75) is 39.0 Å². The van der Waals surface area contributed by atoms with Crippen LogP contribution in [0.3, 0.4) is 0 Å². The minimum atomic E-state index is -0.397. The summed E-state index contributed by atoms with van der Waals surface area (Å²) in [5.74, 6) is 0.891. The van der Waals surface area contributed by atoms with E-state index in [1.807, 2.05) is 19.1 Å². The quantitative estimate of drug-likeness (QED) is 0.195. The lowest BCUT2D eigenvalue weighted by Gasteiger charge is -2.37. The Morgan fingerprint density at radius 2 is 1.56 bits per heavy atom. The van der Waals surface area contributed by atoms with Crippen molar-refractivity contribution in [2.24, 2.45) is 35.5 Å². The number of amides is 2. The highest BCUT2D eigenvalue weighted by Crippen LogP contribution is 2.65. The van der Waals surface area contributed by atoms with E-state index in [0.717, 1.165) is 12.0 Å². The summed E-state index contributed by atoms with van der Waals surface area (Å²) in [7, 11) is 0. The van der Waals surface area contributed by atoms with Gasteiger partial charge in [0.15, 0.2) is 12.4 Å². The average Bonchev–Trinajstić information content (AvgIpc) is 3.57. The number of hydrogen-bond donors (Lipinski definition) is 0. The fourth-order valence-corrected chi connectivity index (χ4v) is 6.00. The van der Waals surface area contributed by atoms with Crippen molar-refractivity contribution < 1.29 is 23.9 Å². The number of ether oxygens (including phenoxy) is 1. The van der Waals surface area contributed by atoms with E-state index in [1.54, 1.807) is 12.1 Å². The van der Waals surface area contributed by atoms with E-state index < -0.39 is 5.97 Å². The number of Topliss-reactive ketones (excluding diaryl/α,β-unsaturated/α-hetero) is 1. The number of nitrogens with zero attached hydrogens (tertiary/aromatic N) is 1. The summed E-state index contributed by atoms with van der Waals surface area (Å²) < 4.78 is 5.10. The van der Waals surface area contributed by atoms with Crippen LogP contribution in [0.1, 0.15) is 48.0 Å². The van der Waals surface area contributed by atoms with Gasteiger partial charge in [0, 0.05) is 18.5 Å². The lowest BCUT2D eigenvalue weighted by Crippen LogP contribution is -2.40. The molecule has 168 valence electrons. The minimum Gasteiger partial charge on any atom is -0.457 e. The summed E-state index contributed by atoms with van der Waals surface area (Å²) in [6.07, 6.45) is 7.78. The topological polar surface area (TPSA) is 80.8 Å². The normalized spacial score (nSPS) is 31.5. The van der Waals surface area contributed by atoms with E-state index in [2.05, 4.69) is 12.2 Å². The number of carbonyl (C=O) groups excluding carboxylic acids is 4. The predicted molar refractivity (Wildman–Crippen MR) is 116 cm³/mol. The highest BCUT2D eigenvalue weighted by molar-refractivity contribution is 6.06. The molecule has 6 atom stereocenters. The first-order valence-corrected chi connectivity index (χ1v) is 11.7. The second kappa shape index (κ2) is 8.30. The van der Waals surface area contributed by atoms with Crippen LogP contribution in [0.15, 0.2) is 36.4 Å². The van der Waals surface area contributed by atoms with Gasteiger partial charge < -0.3 is 4.74 Å². The van der Waals surface area contributed by atoms with Crippen LogP contribution in [0.2, 0.25) is 0 Å². The largest absolute Gasteiger partial charge is 0.457 e. The van der Waals surface area contributed by atoms with Crippen molar-refractivity contribution >= 4 is 23.6 Å². The molecule has 0 radical (unpaired) electrons. The van der Waals surface area contributed by atoms with Gasteiger partial charge in [0.05, 0.1) is 11.8 Å². The highest BCUT2D eigenvalue weighted by Gasteiger charge is 2.66. The molecule has 1 heterocycles. The number of imide groups is 1. The molecule has 6 rings (SSSR count). The smallest absolute Gasteiger partial charge is 0.306 e. The monoisotopic (exact) mass is 435 g/mol. The molecule has 5 aliphatic rings. The first-order valence-electron chi connectivity index (χ1n) is 11.7. The van der Waals surface area contributed by atoms with E-state index in [0.29, 0.717) is 36.8 Å². The fraction of sp³-hybridized carbons (Fsp3) is 0.538. The van der Waals surface area contributed by atoms with Gasteiger partial charge >= 0.3 is 5.97 Å². The molecule has 2 saturated carbocycles. The second-order valence-electron chi connectivity index (χ2n) is 9.74. The van der Waals surface area contributed by atoms with Gasteiger partial charge in [-0.3, -0.25) is 24.1 Å². The number of ketones is 1. The van der Waals surface area contributed by atoms with Crippen LogP contribution in [-0.2, 0) is 19.1 Å². The van der Waals surface area contributed by atoms with Gasteiger partial charge in [-0.05, 0) is 49.9 Å². The van der Waals surface area contributed by atoms with Crippen molar-refractivity contribution in [1.29, 1.82) is 0 Å². The maximum atomic E-state index is 12.9. The van der Waals surface area contributed by atoms with Crippen LogP contribution in [0, 0.1) is 42.4 Å². The Hall–Kier alpha value is -2.76. The molecule has 3 fully saturated rings. The van der Waals surface area contributed by atoms with Gasteiger partial charge in [0.1, 0.15) is 0 Å². The average molecular weight is 436 g/mol. The van der Waals surface area contributed by atoms with Gasteiger partial charge in [-0.25, -0.2) is 0 Å². The first-order chi connectivity index (χ1) is 15.5. The number of benzene rings is 1. The van der Waals surface area contributed by atoms with Gasteiger partial charge in [-0.1, -0.05) is 48.4 Å². The first kappa shape index (κ1) is 21.1. The van der Waals surface area contributed by atoms with Gasteiger partial charge in [-0.15, -0.1) is 0 Å². The lowest BCUT2D eigenvalue weighted by atomic mass is 9.63. The molecule has 0 N–H and O–H groups in total. The number of aryl methyl sites for hydroxylation is 1. The van der Waals surface area contributed by atoms with Crippen molar-refractivity contribution in [3.05, 3.63) is 47.5 Å². The molecule has 0 spiro atoms. The third kappa shape index (κ3) is 3.70. The number of rotatable bonds is 9. The zero-order valence-electron chi connectivity index (χ0n) is 18.4. The van der Waals surface area contributed by atoms with Gasteiger partial charge in [0.2, 0.25) is 11.8 Å². The van der Waals surface area contributed by atoms with Crippen molar-refractivity contribution in [3.8, 4) is 0 Å². The molecule has 1 aromatic carbocycles. The predicted octanol–water partition coefficient (Wildman–Crippen LogP) is 3.33. The number of hydrogen-bond acceptors (Lipinski definition) is 5. The van der Waals surface area contributed by atoms with Crippen LogP contribution in [-0.4, -0.2) is 41.6 Å². The molecule has 6 heteroatoms. The summed E-state index contributed by atoms with van der Waals surface area (Å²) in [6.45, 7) is 2.13. The molecule has 2 bridgehead atoms. The van der Waals surface area contributed by atoms with E-state index in [9.17, 15) is 19.2 Å². The molecule has 2 amide bonds. The Morgan fingerprint density at radius 3 is 2.19 bits per heavy atom. The summed E-state index contributed by atoms with van der Waals surface area (Å²) in [5, 5.41) is 0. The van der Waals surface area contributed by atoms with Crippen LogP contribution < -0.4 is 0 Å². The highest BCUT2D eigenvalue weighted by atomic mass is 16.5. The van der Waals surface area contributed by atoms with Gasteiger partial charge in [0.25, 0.3) is 0 Å². The van der Waals surface area contributed by atoms with Crippen LogP contribution in [0.5, 0.6) is 0 Å². The Balaban J connectivity index is 1.02. The van der Waals surface area contributed by atoms with Crippen LogP contribution >= 0.6 is 0 Å². The Bertz CT molecular complexity index is 944. The van der Waals surface area contributed by atoms with E-state index in [1.165, 1.54) is 11.3 Å².